The third-order valence-electron chi connectivity index (χ3n) is 7.99. The van der Waals surface area contributed by atoms with Crippen LogP contribution in [0.2, 0.25) is 0 Å². The van der Waals surface area contributed by atoms with Crippen LogP contribution < -0.4 is 0 Å². The average molecular weight is 463 g/mol. The standard InChI is InChI=1S/C32H34N2O/c35-26-31(27-11-4-1-5-12-27)18-22-34(23-19-31)24-20-32(28-13-6-2-7-14-28,29-15-8-3-9-16-29)30-17-10-21-33-25-30/h1-17,21,25,35H,18-20,22-24,26H2. The smallest absolute Gasteiger partial charge is 0.0528 e. The monoisotopic (exact) mass is 462 g/mol. The fraction of sp³-hybridized carbons (Fsp3) is 0.281. The van der Waals surface area contributed by atoms with E-state index in [1.54, 1.807) is 0 Å². The lowest BCUT2D eigenvalue weighted by atomic mass is 9.67. The lowest BCUT2D eigenvalue weighted by molar-refractivity contribution is 0.0983. The zero-order chi connectivity index (χ0) is 24.0. The van der Waals surface area contributed by atoms with E-state index < -0.39 is 0 Å². The minimum Gasteiger partial charge on any atom is -0.395 e. The van der Waals surface area contributed by atoms with Crippen LogP contribution in [0.1, 0.15) is 41.5 Å². The van der Waals surface area contributed by atoms with E-state index in [1.807, 2.05) is 18.5 Å². The highest BCUT2D eigenvalue weighted by Gasteiger charge is 2.39. The second-order valence-electron chi connectivity index (χ2n) is 9.78. The molecule has 0 unspecified atom stereocenters. The Balaban J connectivity index is 1.44. The molecular weight excluding hydrogens is 428 g/mol. The van der Waals surface area contributed by atoms with Crippen LogP contribution in [0.4, 0.5) is 0 Å². The molecule has 3 aromatic carbocycles. The minimum absolute atomic E-state index is 0.128. The van der Waals surface area contributed by atoms with Crippen molar-refractivity contribution in [2.75, 3.05) is 26.2 Å². The number of aliphatic hydroxyl groups is 1. The average Bonchev–Trinajstić information content (AvgIpc) is 2.96. The van der Waals surface area contributed by atoms with Crippen molar-refractivity contribution in [3.8, 4) is 0 Å². The molecule has 35 heavy (non-hydrogen) atoms. The number of hydrogen-bond acceptors (Lipinski definition) is 3. The lowest BCUT2D eigenvalue weighted by Gasteiger charge is -2.43. The maximum absolute atomic E-state index is 10.4. The number of nitrogens with zero attached hydrogens (tertiary/aromatic N) is 2. The van der Waals surface area contributed by atoms with Crippen molar-refractivity contribution in [1.82, 2.24) is 9.88 Å². The first kappa shape index (κ1) is 23.5. The quantitative estimate of drug-likeness (QED) is 0.358. The summed E-state index contributed by atoms with van der Waals surface area (Å²) in [6.45, 7) is 3.16. The van der Waals surface area contributed by atoms with Gasteiger partial charge < -0.3 is 10.0 Å². The van der Waals surface area contributed by atoms with Gasteiger partial charge in [0, 0.05) is 23.2 Å². The van der Waals surface area contributed by atoms with Crippen LogP contribution >= 0.6 is 0 Å². The van der Waals surface area contributed by atoms with E-state index in [0.29, 0.717) is 0 Å². The maximum atomic E-state index is 10.4. The minimum atomic E-state index is -0.276. The summed E-state index contributed by atoms with van der Waals surface area (Å²) in [7, 11) is 0. The first-order chi connectivity index (χ1) is 17.3. The van der Waals surface area contributed by atoms with Crippen molar-refractivity contribution in [2.45, 2.75) is 30.1 Å². The predicted octanol–water partition coefficient (Wildman–Crippen LogP) is 5.83. The van der Waals surface area contributed by atoms with Crippen LogP contribution in [0.5, 0.6) is 0 Å². The first-order valence-corrected chi connectivity index (χ1v) is 12.7. The molecule has 3 heteroatoms. The third-order valence-corrected chi connectivity index (χ3v) is 7.99. The van der Waals surface area contributed by atoms with Gasteiger partial charge in [-0.3, -0.25) is 4.98 Å². The van der Waals surface area contributed by atoms with Gasteiger partial charge in [0.15, 0.2) is 0 Å². The van der Waals surface area contributed by atoms with Crippen LogP contribution in [0, 0.1) is 0 Å². The van der Waals surface area contributed by atoms with Crippen molar-refractivity contribution in [3.05, 3.63) is 138 Å². The van der Waals surface area contributed by atoms with Gasteiger partial charge in [-0.05, 0) is 67.2 Å². The summed E-state index contributed by atoms with van der Waals surface area (Å²) in [5.41, 5.74) is 4.68. The summed E-state index contributed by atoms with van der Waals surface area (Å²) in [4.78, 5) is 7.10. The molecule has 1 aromatic heterocycles. The van der Waals surface area contributed by atoms with Crippen molar-refractivity contribution < 1.29 is 5.11 Å². The van der Waals surface area contributed by atoms with E-state index in [-0.39, 0.29) is 17.4 Å². The zero-order valence-electron chi connectivity index (χ0n) is 20.3. The Morgan fingerprint density at radius 1 is 0.714 bits per heavy atom. The number of pyridine rings is 1. The van der Waals surface area contributed by atoms with Gasteiger partial charge >= 0.3 is 0 Å². The molecule has 178 valence electrons. The van der Waals surface area contributed by atoms with Gasteiger partial charge in [-0.2, -0.15) is 0 Å². The number of benzene rings is 3. The molecule has 0 aliphatic carbocycles. The summed E-state index contributed by atoms with van der Waals surface area (Å²) < 4.78 is 0. The number of rotatable bonds is 8. The van der Waals surface area contributed by atoms with E-state index in [1.165, 1.54) is 22.3 Å². The molecule has 0 amide bonds. The molecule has 2 heterocycles. The molecule has 0 saturated carbocycles. The molecule has 1 aliphatic heterocycles. The van der Waals surface area contributed by atoms with Crippen molar-refractivity contribution in [2.24, 2.45) is 0 Å². The second kappa shape index (κ2) is 10.6. The Labute approximate surface area is 209 Å². The van der Waals surface area contributed by atoms with Crippen LogP contribution in [0.25, 0.3) is 0 Å². The highest BCUT2D eigenvalue weighted by molar-refractivity contribution is 5.49. The molecule has 4 aromatic rings. The Morgan fingerprint density at radius 3 is 1.77 bits per heavy atom. The summed E-state index contributed by atoms with van der Waals surface area (Å²) in [6.07, 6.45) is 6.80. The molecule has 0 bridgehead atoms. The molecular formula is C32H34N2O. The van der Waals surface area contributed by atoms with E-state index >= 15 is 0 Å². The molecule has 0 radical (unpaired) electrons. The van der Waals surface area contributed by atoms with Gasteiger partial charge in [0.25, 0.3) is 0 Å². The number of aromatic nitrogens is 1. The molecule has 1 aliphatic rings. The second-order valence-corrected chi connectivity index (χ2v) is 9.78. The summed E-state index contributed by atoms with van der Waals surface area (Å²) in [5, 5.41) is 10.4. The van der Waals surface area contributed by atoms with E-state index in [9.17, 15) is 5.11 Å². The topological polar surface area (TPSA) is 36.4 Å². The fourth-order valence-electron chi connectivity index (χ4n) is 5.85. The largest absolute Gasteiger partial charge is 0.395 e. The molecule has 0 atom stereocenters. The highest BCUT2D eigenvalue weighted by atomic mass is 16.3. The first-order valence-electron chi connectivity index (χ1n) is 12.7. The van der Waals surface area contributed by atoms with Gasteiger partial charge in [0.1, 0.15) is 0 Å². The zero-order valence-corrected chi connectivity index (χ0v) is 20.3. The predicted molar refractivity (Wildman–Crippen MR) is 142 cm³/mol. The highest BCUT2D eigenvalue weighted by Crippen LogP contribution is 2.43. The fourth-order valence-corrected chi connectivity index (χ4v) is 5.85. The SMILES string of the molecule is OCC1(c2ccccc2)CCN(CCC(c2ccccc2)(c2ccccc2)c2cccnc2)CC1. The molecule has 1 saturated heterocycles. The maximum Gasteiger partial charge on any atom is 0.0528 e. The van der Waals surface area contributed by atoms with E-state index in [4.69, 9.17) is 0 Å². The Bertz CT molecular complexity index is 1070. The van der Waals surface area contributed by atoms with E-state index in [2.05, 4.69) is 107 Å². The molecule has 5 rings (SSSR count). The Hall–Kier alpha value is -3.27. The van der Waals surface area contributed by atoms with E-state index in [0.717, 1.165) is 38.9 Å². The van der Waals surface area contributed by atoms with Gasteiger partial charge in [-0.25, -0.2) is 0 Å². The van der Waals surface area contributed by atoms with Gasteiger partial charge in [-0.1, -0.05) is 97.1 Å². The Morgan fingerprint density at radius 2 is 1.26 bits per heavy atom. The normalized spacial score (nSPS) is 16.1. The summed E-state index contributed by atoms with van der Waals surface area (Å²) >= 11 is 0. The van der Waals surface area contributed by atoms with Gasteiger partial charge in [-0.15, -0.1) is 0 Å². The third kappa shape index (κ3) is 4.67. The molecule has 1 fully saturated rings. The number of hydrogen-bond donors (Lipinski definition) is 1. The molecule has 1 N–H and O–H groups in total. The van der Waals surface area contributed by atoms with Crippen LogP contribution in [-0.4, -0.2) is 41.2 Å². The lowest BCUT2D eigenvalue weighted by Crippen LogP contribution is -2.46. The number of aliphatic hydroxyl groups excluding tert-OH is 1. The van der Waals surface area contributed by atoms with Crippen molar-refractivity contribution in [3.63, 3.8) is 0 Å². The van der Waals surface area contributed by atoms with Crippen LogP contribution in [0.15, 0.2) is 116 Å². The van der Waals surface area contributed by atoms with Crippen LogP contribution in [0.3, 0.4) is 0 Å². The van der Waals surface area contributed by atoms with Crippen molar-refractivity contribution >= 4 is 0 Å². The van der Waals surface area contributed by atoms with Gasteiger partial charge in [0.05, 0.1) is 6.61 Å². The van der Waals surface area contributed by atoms with Crippen molar-refractivity contribution in [1.29, 1.82) is 0 Å². The Kier molecular flexibility index (Phi) is 7.08. The summed E-state index contributed by atoms with van der Waals surface area (Å²) in [5.74, 6) is 0. The van der Waals surface area contributed by atoms with Crippen LogP contribution in [-0.2, 0) is 10.8 Å². The summed E-state index contributed by atoms with van der Waals surface area (Å²) in [6, 6.07) is 36.6. The molecule has 3 nitrogen and oxygen atoms in total. The van der Waals surface area contributed by atoms with Gasteiger partial charge in [0.2, 0.25) is 0 Å². The number of piperidine rings is 1. The number of likely N-dealkylation sites (tertiary alicyclic amines) is 1. The molecule has 0 spiro atoms.